The van der Waals surface area contributed by atoms with E-state index in [1.54, 1.807) is 55.6 Å². The number of amides is 2. The molecule has 0 heterocycles. The molecular formula is C18H18N4O2. The zero-order chi connectivity index (χ0) is 17.4. The summed E-state index contributed by atoms with van der Waals surface area (Å²) in [6.07, 6.45) is 0.339. The van der Waals surface area contributed by atoms with Crippen LogP contribution in [0.4, 0.5) is 11.4 Å². The molecule has 2 aromatic carbocycles. The Bertz CT molecular complexity index is 763. The summed E-state index contributed by atoms with van der Waals surface area (Å²) >= 11 is 0. The quantitative estimate of drug-likeness (QED) is 0.759. The van der Waals surface area contributed by atoms with Crippen molar-refractivity contribution in [2.45, 2.75) is 6.42 Å². The largest absolute Gasteiger partial charge is 0.376 e. The maximum Gasteiger partial charge on any atom is 0.253 e. The molecule has 122 valence electrons. The number of benzene rings is 2. The van der Waals surface area contributed by atoms with Gasteiger partial charge in [0.25, 0.3) is 5.91 Å². The van der Waals surface area contributed by atoms with Gasteiger partial charge >= 0.3 is 0 Å². The lowest BCUT2D eigenvalue weighted by Crippen LogP contribution is -2.24. The summed E-state index contributed by atoms with van der Waals surface area (Å²) in [5, 5.41) is 16.9. The third-order valence-electron chi connectivity index (χ3n) is 3.36. The molecule has 6 heteroatoms. The Hall–Kier alpha value is -3.33. The highest BCUT2D eigenvalue weighted by Crippen LogP contribution is 2.15. The fourth-order valence-electron chi connectivity index (χ4n) is 2.15. The average Bonchev–Trinajstić information content (AvgIpc) is 2.61. The van der Waals surface area contributed by atoms with Crippen molar-refractivity contribution in [2.75, 3.05) is 24.2 Å². The molecular weight excluding hydrogens is 304 g/mol. The van der Waals surface area contributed by atoms with Gasteiger partial charge in [0, 0.05) is 18.4 Å². The van der Waals surface area contributed by atoms with Crippen LogP contribution in [0.25, 0.3) is 0 Å². The van der Waals surface area contributed by atoms with Crippen molar-refractivity contribution in [1.82, 2.24) is 5.32 Å². The molecule has 0 aromatic heterocycles. The van der Waals surface area contributed by atoms with Crippen LogP contribution < -0.4 is 16.0 Å². The second-order valence-electron chi connectivity index (χ2n) is 5.06. The first-order chi connectivity index (χ1) is 11.6. The van der Waals surface area contributed by atoms with E-state index in [-0.39, 0.29) is 18.4 Å². The van der Waals surface area contributed by atoms with Crippen molar-refractivity contribution >= 4 is 23.2 Å². The number of nitriles is 1. The van der Waals surface area contributed by atoms with E-state index in [1.807, 2.05) is 0 Å². The van der Waals surface area contributed by atoms with Crippen LogP contribution in [0.5, 0.6) is 0 Å². The van der Waals surface area contributed by atoms with Crippen LogP contribution >= 0.6 is 0 Å². The predicted molar refractivity (Wildman–Crippen MR) is 92.7 cm³/mol. The van der Waals surface area contributed by atoms with E-state index in [9.17, 15) is 9.59 Å². The van der Waals surface area contributed by atoms with Crippen LogP contribution in [0.3, 0.4) is 0 Å². The highest BCUT2D eigenvalue weighted by Gasteiger charge is 2.10. The van der Waals surface area contributed by atoms with Crippen LogP contribution in [-0.2, 0) is 11.2 Å². The summed E-state index contributed by atoms with van der Waals surface area (Å²) in [5.74, 6) is -0.443. The van der Waals surface area contributed by atoms with E-state index >= 15 is 0 Å². The number of para-hydroxylation sites is 1. The Balaban J connectivity index is 1.94. The Kier molecular flexibility index (Phi) is 5.92. The number of hydrogen-bond acceptors (Lipinski definition) is 4. The first-order valence-electron chi connectivity index (χ1n) is 7.44. The minimum atomic E-state index is -0.227. The molecule has 3 N–H and O–H groups in total. The maximum atomic E-state index is 12.0. The Morgan fingerprint density at radius 1 is 1.08 bits per heavy atom. The third kappa shape index (κ3) is 4.58. The fraction of sp³-hybridized carbons (Fsp3) is 0.167. The van der Waals surface area contributed by atoms with E-state index in [2.05, 4.69) is 22.0 Å². The summed E-state index contributed by atoms with van der Waals surface area (Å²) in [6.45, 7) is 0.0357. The van der Waals surface area contributed by atoms with Crippen LogP contribution in [0.2, 0.25) is 0 Å². The van der Waals surface area contributed by atoms with Gasteiger partial charge in [0.15, 0.2) is 0 Å². The molecule has 0 radical (unpaired) electrons. The third-order valence-corrected chi connectivity index (χ3v) is 3.36. The van der Waals surface area contributed by atoms with Crippen LogP contribution in [-0.4, -0.2) is 25.4 Å². The molecule has 0 saturated heterocycles. The highest BCUT2D eigenvalue weighted by atomic mass is 16.2. The van der Waals surface area contributed by atoms with Crippen LogP contribution in [0, 0.1) is 11.3 Å². The highest BCUT2D eigenvalue weighted by molar-refractivity contribution is 6.00. The SMILES string of the molecule is CNC(=O)c1ccccc1NCC(=O)Nc1ccc(CC#N)cc1. The number of carbonyl (C=O) groups is 2. The number of nitrogens with one attached hydrogen (secondary N) is 3. The van der Waals surface area contributed by atoms with Crippen molar-refractivity contribution in [2.24, 2.45) is 0 Å². The number of anilines is 2. The second-order valence-corrected chi connectivity index (χ2v) is 5.06. The van der Waals surface area contributed by atoms with Crippen molar-refractivity contribution in [1.29, 1.82) is 5.26 Å². The van der Waals surface area contributed by atoms with Crippen molar-refractivity contribution in [3.63, 3.8) is 0 Å². The van der Waals surface area contributed by atoms with Gasteiger partial charge in [-0.15, -0.1) is 0 Å². The van der Waals surface area contributed by atoms with Gasteiger partial charge in [0.05, 0.1) is 24.6 Å². The van der Waals surface area contributed by atoms with Gasteiger partial charge in [-0.25, -0.2) is 0 Å². The molecule has 0 aliphatic heterocycles. The number of carbonyl (C=O) groups excluding carboxylic acids is 2. The van der Waals surface area contributed by atoms with E-state index in [0.29, 0.717) is 23.4 Å². The molecule has 0 spiro atoms. The molecule has 2 amide bonds. The monoisotopic (exact) mass is 322 g/mol. The van der Waals surface area contributed by atoms with Gasteiger partial charge < -0.3 is 16.0 Å². The van der Waals surface area contributed by atoms with Gasteiger partial charge in [-0.1, -0.05) is 24.3 Å². The van der Waals surface area contributed by atoms with Crippen molar-refractivity contribution in [3.8, 4) is 6.07 Å². The average molecular weight is 322 g/mol. The van der Waals surface area contributed by atoms with Gasteiger partial charge in [0.2, 0.25) is 5.91 Å². The van der Waals surface area contributed by atoms with Gasteiger partial charge in [-0.05, 0) is 29.8 Å². The molecule has 0 atom stereocenters. The molecule has 2 rings (SSSR count). The van der Waals surface area contributed by atoms with E-state index in [0.717, 1.165) is 5.56 Å². The first kappa shape index (κ1) is 17.0. The standard InChI is InChI=1S/C18H18N4O2/c1-20-18(24)15-4-2-3-5-16(15)21-12-17(23)22-14-8-6-13(7-9-14)10-11-19/h2-9,21H,10,12H2,1H3,(H,20,24)(H,22,23). The van der Waals surface area contributed by atoms with E-state index < -0.39 is 0 Å². The maximum absolute atomic E-state index is 12.0. The minimum absolute atomic E-state index is 0.0357. The molecule has 0 bridgehead atoms. The molecule has 0 aliphatic rings. The zero-order valence-corrected chi connectivity index (χ0v) is 13.3. The smallest absolute Gasteiger partial charge is 0.253 e. The molecule has 6 nitrogen and oxygen atoms in total. The topological polar surface area (TPSA) is 94.0 Å². The van der Waals surface area contributed by atoms with Crippen LogP contribution in [0.1, 0.15) is 15.9 Å². The molecule has 0 unspecified atom stereocenters. The summed E-state index contributed by atoms with van der Waals surface area (Å²) in [5.41, 5.74) is 2.63. The Labute approximate surface area is 140 Å². The van der Waals surface area contributed by atoms with E-state index in [4.69, 9.17) is 5.26 Å². The lowest BCUT2D eigenvalue weighted by Gasteiger charge is -2.11. The Morgan fingerprint density at radius 3 is 2.46 bits per heavy atom. The summed E-state index contributed by atoms with van der Waals surface area (Å²) in [6, 6.07) is 16.2. The summed E-state index contributed by atoms with van der Waals surface area (Å²) in [4.78, 5) is 23.8. The lowest BCUT2D eigenvalue weighted by molar-refractivity contribution is -0.114. The molecule has 2 aromatic rings. The van der Waals surface area contributed by atoms with E-state index in [1.165, 1.54) is 0 Å². The summed E-state index contributed by atoms with van der Waals surface area (Å²) < 4.78 is 0. The lowest BCUT2D eigenvalue weighted by atomic mass is 10.1. The first-order valence-corrected chi connectivity index (χ1v) is 7.44. The summed E-state index contributed by atoms with van der Waals surface area (Å²) in [7, 11) is 1.56. The molecule has 0 aliphatic carbocycles. The predicted octanol–water partition coefficient (Wildman–Crippen LogP) is 2.16. The van der Waals surface area contributed by atoms with Gasteiger partial charge in [-0.3, -0.25) is 9.59 Å². The van der Waals surface area contributed by atoms with Crippen LogP contribution in [0.15, 0.2) is 48.5 Å². The zero-order valence-electron chi connectivity index (χ0n) is 13.3. The normalized spacial score (nSPS) is 9.67. The van der Waals surface area contributed by atoms with Gasteiger partial charge in [-0.2, -0.15) is 5.26 Å². The van der Waals surface area contributed by atoms with Gasteiger partial charge in [0.1, 0.15) is 0 Å². The minimum Gasteiger partial charge on any atom is -0.376 e. The number of hydrogen-bond donors (Lipinski definition) is 3. The number of nitrogens with zero attached hydrogens (tertiary/aromatic N) is 1. The second kappa shape index (κ2) is 8.34. The fourth-order valence-corrected chi connectivity index (χ4v) is 2.15. The number of rotatable bonds is 6. The Morgan fingerprint density at radius 2 is 1.79 bits per heavy atom. The molecule has 0 fully saturated rings. The molecule has 24 heavy (non-hydrogen) atoms. The molecule has 0 saturated carbocycles. The van der Waals surface area contributed by atoms with Crippen molar-refractivity contribution < 1.29 is 9.59 Å². The van der Waals surface area contributed by atoms with Crippen molar-refractivity contribution in [3.05, 3.63) is 59.7 Å².